The first-order chi connectivity index (χ1) is 7.66. The lowest BCUT2D eigenvalue weighted by molar-refractivity contribution is 0.492. The van der Waals surface area contributed by atoms with Crippen molar-refractivity contribution < 1.29 is 0 Å². The lowest BCUT2D eigenvalue weighted by Crippen LogP contribution is -2.37. The zero-order valence-corrected chi connectivity index (χ0v) is 10.4. The van der Waals surface area contributed by atoms with Crippen molar-refractivity contribution in [1.29, 1.82) is 0 Å². The van der Waals surface area contributed by atoms with Crippen molar-refractivity contribution in [3.05, 3.63) is 24.0 Å². The van der Waals surface area contributed by atoms with E-state index in [-0.39, 0.29) is 0 Å². The van der Waals surface area contributed by atoms with Gasteiger partial charge in [-0.2, -0.15) is 0 Å². The summed E-state index contributed by atoms with van der Waals surface area (Å²) in [5.74, 6) is 0. The topological polar surface area (TPSA) is 28.2 Å². The SMILES string of the molecule is Cc1ccncc1N1CCC(NC(C)C)C1. The highest BCUT2D eigenvalue weighted by Crippen LogP contribution is 2.22. The Morgan fingerprint density at radius 1 is 1.50 bits per heavy atom. The molecular formula is C13H21N3. The summed E-state index contributed by atoms with van der Waals surface area (Å²) in [4.78, 5) is 6.65. The molecule has 1 unspecified atom stereocenters. The highest BCUT2D eigenvalue weighted by atomic mass is 15.2. The average Bonchev–Trinajstić information content (AvgIpc) is 2.66. The van der Waals surface area contributed by atoms with E-state index in [0.717, 1.165) is 13.1 Å². The molecule has 0 aliphatic carbocycles. The number of nitrogens with one attached hydrogen (secondary N) is 1. The van der Waals surface area contributed by atoms with Crippen molar-refractivity contribution in [2.24, 2.45) is 0 Å². The summed E-state index contributed by atoms with van der Waals surface area (Å²) >= 11 is 0. The van der Waals surface area contributed by atoms with E-state index in [4.69, 9.17) is 0 Å². The molecule has 1 aromatic heterocycles. The van der Waals surface area contributed by atoms with Gasteiger partial charge in [0.25, 0.3) is 0 Å². The van der Waals surface area contributed by atoms with Crippen LogP contribution in [0.4, 0.5) is 5.69 Å². The molecule has 1 fully saturated rings. The molecule has 0 radical (unpaired) electrons. The van der Waals surface area contributed by atoms with Gasteiger partial charge in [-0.25, -0.2) is 0 Å². The molecule has 88 valence electrons. The highest BCUT2D eigenvalue weighted by molar-refractivity contribution is 5.51. The zero-order chi connectivity index (χ0) is 11.5. The Hall–Kier alpha value is -1.09. The molecule has 0 bridgehead atoms. The average molecular weight is 219 g/mol. The van der Waals surface area contributed by atoms with Crippen LogP contribution in [0.3, 0.4) is 0 Å². The number of aromatic nitrogens is 1. The Morgan fingerprint density at radius 2 is 2.31 bits per heavy atom. The van der Waals surface area contributed by atoms with Crippen molar-refractivity contribution in [3.63, 3.8) is 0 Å². The van der Waals surface area contributed by atoms with Crippen molar-refractivity contribution in [3.8, 4) is 0 Å². The molecule has 0 amide bonds. The van der Waals surface area contributed by atoms with Crippen LogP contribution in [-0.2, 0) is 0 Å². The molecule has 1 aromatic rings. The third-order valence-electron chi connectivity index (χ3n) is 3.11. The number of rotatable bonds is 3. The molecule has 0 saturated carbocycles. The largest absolute Gasteiger partial charge is 0.368 e. The minimum absolute atomic E-state index is 0.569. The van der Waals surface area contributed by atoms with Gasteiger partial charge < -0.3 is 10.2 Å². The first-order valence-corrected chi connectivity index (χ1v) is 6.08. The Bertz CT molecular complexity index is 349. The molecule has 1 saturated heterocycles. The van der Waals surface area contributed by atoms with Crippen LogP contribution in [-0.4, -0.2) is 30.2 Å². The van der Waals surface area contributed by atoms with Gasteiger partial charge in [-0.05, 0) is 25.0 Å². The summed E-state index contributed by atoms with van der Waals surface area (Å²) in [5, 5.41) is 3.60. The van der Waals surface area contributed by atoms with E-state index in [1.807, 2.05) is 12.4 Å². The van der Waals surface area contributed by atoms with Gasteiger partial charge in [0.2, 0.25) is 0 Å². The summed E-state index contributed by atoms with van der Waals surface area (Å²) in [7, 11) is 0. The van der Waals surface area contributed by atoms with Gasteiger partial charge in [0.1, 0.15) is 0 Å². The number of nitrogens with zero attached hydrogens (tertiary/aromatic N) is 2. The van der Waals surface area contributed by atoms with E-state index < -0.39 is 0 Å². The van der Waals surface area contributed by atoms with E-state index in [1.54, 1.807) is 0 Å². The Kier molecular flexibility index (Phi) is 3.44. The van der Waals surface area contributed by atoms with Crippen LogP contribution >= 0.6 is 0 Å². The fraction of sp³-hybridized carbons (Fsp3) is 0.615. The molecule has 0 spiro atoms. The quantitative estimate of drug-likeness (QED) is 0.842. The van der Waals surface area contributed by atoms with Crippen LogP contribution in [0.5, 0.6) is 0 Å². The predicted octanol–water partition coefficient (Wildman–Crippen LogP) is 1.97. The van der Waals surface area contributed by atoms with Crippen LogP contribution in [0.2, 0.25) is 0 Å². The van der Waals surface area contributed by atoms with Gasteiger partial charge in [0, 0.05) is 31.4 Å². The van der Waals surface area contributed by atoms with Crippen molar-refractivity contribution >= 4 is 5.69 Å². The summed E-state index contributed by atoms with van der Waals surface area (Å²) in [5.41, 5.74) is 2.61. The second-order valence-electron chi connectivity index (χ2n) is 4.92. The Labute approximate surface area is 97.9 Å². The lowest BCUT2D eigenvalue weighted by Gasteiger charge is -2.21. The molecule has 3 heteroatoms. The lowest BCUT2D eigenvalue weighted by atomic mass is 10.2. The summed E-state index contributed by atoms with van der Waals surface area (Å²) in [6.07, 6.45) is 5.07. The second kappa shape index (κ2) is 4.83. The van der Waals surface area contributed by atoms with Crippen LogP contribution in [0.25, 0.3) is 0 Å². The van der Waals surface area contributed by atoms with Crippen molar-refractivity contribution in [2.45, 2.75) is 39.3 Å². The minimum atomic E-state index is 0.569. The third kappa shape index (κ3) is 2.53. The molecule has 2 heterocycles. The number of aryl methyl sites for hydroxylation is 1. The number of anilines is 1. The van der Waals surface area contributed by atoms with E-state index in [2.05, 4.69) is 42.0 Å². The first kappa shape index (κ1) is 11.4. The number of hydrogen-bond donors (Lipinski definition) is 1. The van der Waals surface area contributed by atoms with Gasteiger partial charge in [-0.1, -0.05) is 13.8 Å². The molecule has 1 N–H and O–H groups in total. The number of pyridine rings is 1. The van der Waals surface area contributed by atoms with Gasteiger partial charge in [0.05, 0.1) is 11.9 Å². The minimum Gasteiger partial charge on any atom is -0.368 e. The third-order valence-corrected chi connectivity index (χ3v) is 3.11. The van der Waals surface area contributed by atoms with Crippen molar-refractivity contribution in [2.75, 3.05) is 18.0 Å². The first-order valence-electron chi connectivity index (χ1n) is 6.08. The molecule has 1 atom stereocenters. The fourth-order valence-corrected chi connectivity index (χ4v) is 2.37. The van der Waals surface area contributed by atoms with Gasteiger partial charge in [-0.3, -0.25) is 4.98 Å². The molecule has 1 aliphatic rings. The summed E-state index contributed by atoms with van der Waals surface area (Å²) in [6, 6.07) is 3.28. The monoisotopic (exact) mass is 219 g/mol. The fourth-order valence-electron chi connectivity index (χ4n) is 2.37. The number of hydrogen-bond acceptors (Lipinski definition) is 3. The standard InChI is InChI=1S/C13H21N3/c1-10(2)15-12-5-7-16(9-12)13-8-14-6-4-11(13)3/h4,6,8,10,12,15H,5,7,9H2,1-3H3. The molecule has 2 rings (SSSR count). The zero-order valence-electron chi connectivity index (χ0n) is 10.4. The normalized spacial score (nSPS) is 20.8. The Balaban J connectivity index is 2.01. The van der Waals surface area contributed by atoms with Crippen molar-refractivity contribution in [1.82, 2.24) is 10.3 Å². The maximum absolute atomic E-state index is 4.21. The van der Waals surface area contributed by atoms with Gasteiger partial charge in [0.15, 0.2) is 0 Å². The van der Waals surface area contributed by atoms with Crippen LogP contribution in [0.15, 0.2) is 18.5 Å². The molecule has 1 aliphatic heterocycles. The molecule has 3 nitrogen and oxygen atoms in total. The maximum atomic E-state index is 4.21. The maximum Gasteiger partial charge on any atom is 0.0582 e. The van der Waals surface area contributed by atoms with Crippen LogP contribution in [0.1, 0.15) is 25.8 Å². The smallest absolute Gasteiger partial charge is 0.0582 e. The van der Waals surface area contributed by atoms with Gasteiger partial charge in [-0.15, -0.1) is 0 Å². The van der Waals surface area contributed by atoms with E-state index in [9.17, 15) is 0 Å². The van der Waals surface area contributed by atoms with Crippen LogP contribution < -0.4 is 10.2 Å². The van der Waals surface area contributed by atoms with E-state index >= 15 is 0 Å². The highest BCUT2D eigenvalue weighted by Gasteiger charge is 2.23. The van der Waals surface area contributed by atoms with Gasteiger partial charge >= 0.3 is 0 Å². The van der Waals surface area contributed by atoms with E-state index in [1.165, 1.54) is 17.7 Å². The molecule has 0 aromatic carbocycles. The van der Waals surface area contributed by atoms with E-state index in [0.29, 0.717) is 12.1 Å². The second-order valence-corrected chi connectivity index (χ2v) is 4.92. The molecule has 16 heavy (non-hydrogen) atoms. The predicted molar refractivity (Wildman–Crippen MR) is 67.9 cm³/mol. The molecular weight excluding hydrogens is 198 g/mol. The van der Waals surface area contributed by atoms with Crippen LogP contribution in [0, 0.1) is 6.92 Å². The summed E-state index contributed by atoms with van der Waals surface area (Å²) < 4.78 is 0. The summed E-state index contributed by atoms with van der Waals surface area (Å²) in [6.45, 7) is 8.80. The Morgan fingerprint density at radius 3 is 3.00 bits per heavy atom.